The smallest absolute Gasteiger partial charge is 0.291 e. The predicted octanol–water partition coefficient (Wildman–Crippen LogP) is 4.20. The van der Waals surface area contributed by atoms with Gasteiger partial charge in [-0.2, -0.15) is 0 Å². The Labute approximate surface area is 203 Å². The molecule has 0 radical (unpaired) electrons. The Morgan fingerprint density at radius 3 is 2.40 bits per heavy atom. The molecule has 4 aromatic rings. The number of nitrogens with one attached hydrogen (secondary N) is 1. The highest BCUT2D eigenvalue weighted by Crippen LogP contribution is 2.32. The van der Waals surface area contributed by atoms with E-state index in [0.717, 1.165) is 5.82 Å². The van der Waals surface area contributed by atoms with Gasteiger partial charge in [-0.3, -0.25) is 9.59 Å². The Kier molecular flexibility index (Phi) is 6.34. The molecule has 0 saturated carbocycles. The van der Waals surface area contributed by atoms with Crippen LogP contribution in [0.3, 0.4) is 0 Å². The first-order chi connectivity index (χ1) is 17.1. The number of ether oxygens (including phenoxy) is 1. The van der Waals surface area contributed by atoms with E-state index < -0.39 is 6.10 Å². The molecule has 5 rings (SSSR count). The second kappa shape index (κ2) is 9.89. The average molecular weight is 471 g/mol. The lowest BCUT2D eigenvalue weighted by Gasteiger charge is -2.35. The average Bonchev–Trinajstić information content (AvgIpc) is 3.27. The van der Waals surface area contributed by atoms with Crippen molar-refractivity contribution in [2.75, 3.05) is 36.4 Å². The number of rotatable bonds is 6. The van der Waals surface area contributed by atoms with Crippen molar-refractivity contribution in [2.45, 2.75) is 13.0 Å². The molecule has 1 fully saturated rings. The zero-order chi connectivity index (χ0) is 24.2. The van der Waals surface area contributed by atoms with Gasteiger partial charge in [0.25, 0.3) is 11.8 Å². The Hall–Kier alpha value is -4.33. The topological polar surface area (TPSA) is 87.9 Å². The molecular weight excluding hydrogens is 444 g/mol. The molecule has 0 spiro atoms. The molecule has 8 nitrogen and oxygen atoms in total. The highest BCUT2D eigenvalue weighted by Gasteiger charge is 2.30. The second-order valence-electron chi connectivity index (χ2n) is 8.33. The normalized spacial score (nSPS) is 14.5. The van der Waals surface area contributed by atoms with Crippen LogP contribution in [0.25, 0.3) is 11.0 Å². The first-order valence-corrected chi connectivity index (χ1v) is 11.6. The fourth-order valence-corrected chi connectivity index (χ4v) is 4.12. The van der Waals surface area contributed by atoms with Crippen LogP contribution < -0.4 is 15.0 Å². The van der Waals surface area contributed by atoms with Gasteiger partial charge in [-0.1, -0.05) is 36.4 Å². The number of aromatic nitrogens is 1. The van der Waals surface area contributed by atoms with Gasteiger partial charge in [-0.15, -0.1) is 0 Å². The lowest BCUT2D eigenvalue weighted by atomic mass is 10.2. The zero-order valence-corrected chi connectivity index (χ0v) is 19.4. The minimum atomic E-state index is -0.768. The van der Waals surface area contributed by atoms with E-state index in [9.17, 15) is 9.59 Å². The number of benzene rings is 2. The summed E-state index contributed by atoms with van der Waals surface area (Å²) in [6.45, 7) is 4.03. The summed E-state index contributed by atoms with van der Waals surface area (Å²) < 4.78 is 11.7. The highest BCUT2D eigenvalue weighted by molar-refractivity contribution is 6.11. The van der Waals surface area contributed by atoms with Crippen LogP contribution in [0, 0.1) is 0 Å². The summed E-state index contributed by atoms with van der Waals surface area (Å²) in [5.74, 6) is 0.985. The maximum absolute atomic E-state index is 13.5. The lowest BCUT2D eigenvalue weighted by molar-refractivity contribution is -0.122. The minimum absolute atomic E-state index is 0.123. The van der Waals surface area contributed by atoms with Crippen LogP contribution in [0.5, 0.6) is 5.75 Å². The SMILES string of the molecule is C[C@H](Oc1ccccc1)C(=O)Nc1c(C(=O)N2CCN(c3ccccn3)CC2)oc2ccccc12. The molecule has 0 unspecified atom stereocenters. The summed E-state index contributed by atoms with van der Waals surface area (Å²) in [4.78, 5) is 34.8. The van der Waals surface area contributed by atoms with E-state index in [1.807, 2.05) is 54.6 Å². The fourth-order valence-electron chi connectivity index (χ4n) is 4.12. The molecule has 1 aliphatic heterocycles. The molecule has 2 amide bonds. The van der Waals surface area contributed by atoms with E-state index >= 15 is 0 Å². The maximum atomic E-state index is 13.5. The third-order valence-corrected chi connectivity index (χ3v) is 6.00. The van der Waals surface area contributed by atoms with Crippen LogP contribution in [0.4, 0.5) is 11.5 Å². The molecule has 2 aromatic carbocycles. The van der Waals surface area contributed by atoms with Crippen LogP contribution >= 0.6 is 0 Å². The quantitative estimate of drug-likeness (QED) is 0.455. The van der Waals surface area contributed by atoms with E-state index in [1.165, 1.54) is 0 Å². The van der Waals surface area contributed by atoms with E-state index in [2.05, 4.69) is 15.2 Å². The van der Waals surface area contributed by atoms with E-state index in [-0.39, 0.29) is 17.6 Å². The predicted molar refractivity (Wildman–Crippen MR) is 134 cm³/mol. The van der Waals surface area contributed by atoms with Gasteiger partial charge < -0.3 is 24.3 Å². The number of piperazine rings is 1. The molecule has 8 heteroatoms. The largest absolute Gasteiger partial charge is 0.481 e. The lowest BCUT2D eigenvalue weighted by Crippen LogP contribution is -2.49. The highest BCUT2D eigenvalue weighted by atomic mass is 16.5. The van der Waals surface area contributed by atoms with Gasteiger partial charge in [-0.25, -0.2) is 4.98 Å². The van der Waals surface area contributed by atoms with Crippen molar-refractivity contribution in [1.29, 1.82) is 0 Å². The molecule has 1 aliphatic rings. The molecule has 0 aliphatic carbocycles. The van der Waals surface area contributed by atoms with Gasteiger partial charge in [-0.05, 0) is 43.3 Å². The van der Waals surface area contributed by atoms with Gasteiger partial charge >= 0.3 is 0 Å². The molecule has 178 valence electrons. The van der Waals surface area contributed by atoms with Crippen LogP contribution in [0.2, 0.25) is 0 Å². The molecule has 1 saturated heterocycles. The Morgan fingerprint density at radius 1 is 0.943 bits per heavy atom. The summed E-state index contributed by atoms with van der Waals surface area (Å²) in [5.41, 5.74) is 0.904. The molecule has 35 heavy (non-hydrogen) atoms. The first-order valence-electron chi connectivity index (χ1n) is 11.6. The van der Waals surface area contributed by atoms with Crippen LogP contribution in [0.1, 0.15) is 17.5 Å². The number of hydrogen-bond donors (Lipinski definition) is 1. The molecule has 1 N–H and O–H groups in total. The van der Waals surface area contributed by atoms with Crippen LogP contribution in [-0.4, -0.2) is 54.0 Å². The van der Waals surface area contributed by atoms with Gasteiger partial charge in [0.2, 0.25) is 5.76 Å². The van der Waals surface area contributed by atoms with Gasteiger partial charge in [0.05, 0.1) is 0 Å². The van der Waals surface area contributed by atoms with Crippen LogP contribution in [-0.2, 0) is 4.79 Å². The van der Waals surface area contributed by atoms with Gasteiger partial charge in [0.15, 0.2) is 6.10 Å². The third kappa shape index (κ3) is 4.82. The maximum Gasteiger partial charge on any atom is 0.291 e. The van der Waals surface area contributed by atoms with Crippen LogP contribution in [0.15, 0.2) is 83.4 Å². The summed E-state index contributed by atoms with van der Waals surface area (Å²) in [6, 6.07) is 22.2. The van der Waals surface area contributed by atoms with Crippen molar-refractivity contribution in [3.8, 4) is 5.75 Å². The number of anilines is 2. The Morgan fingerprint density at radius 2 is 1.66 bits per heavy atom. The summed E-state index contributed by atoms with van der Waals surface area (Å²) in [6.07, 6.45) is 0.995. The third-order valence-electron chi connectivity index (χ3n) is 6.00. The number of fused-ring (bicyclic) bond motifs is 1. The molecule has 2 aromatic heterocycles. The van der Waals surface area contributed by atoms with Crippen molar-refractivity contribution in [3.63, 3.8) is 0 Å². The van der Waals surface area contributed by atoms with E-state index in [1.54, 1.807) is 36.2 Å². The number of furan rings is 1. The summed E-state index contributed by atoms with van der Waals surface area (Å²) in [7, 11) is 0. The summed E-state index contributed by atoms with van der Waals surface area (Å²) in [5, 5.41) is 3.55. The number of nitrogens with zero attached hydrogens (tertiary/aromatic N) is 3. The first kappa shape index (κ1) is 22.5. The van der Waals surface area contributed by atoms with Crippen molar-refractivity contribution in [2.24, 2.45) is 0 Å². The molecular formula is C27H26N4O4. The Balaban J connectivity index is 1.34. The number of carbonyl (C=O) groups excluding carboxylic acids is 2. The molecule has 1 atom stereocenters. The monoisotopic (exact) mass is 470 g/mol. The number of amides is 2. The van der Waals surface area contributed by atoms with E-state index in [0.29, 0.717) is 48.6 Å². The van der Waals surface area contributed by atoms with E-state index in [4.69, 9.17) is 9.15 Å². The molecule has 0 bridgehead atoms. The fraction of sp³-hybridized carbons (Fsp3) is 0.222. The van der Waals surface area contributed by atoms with Crippen molar-refractivity contribution < 1.29 is 18.7 Å². The second-order valence-corrected chi connectivity index (χ2v) is 8.33. The van der Waals surface area contributed by atoms with Gasteiger partial charge in [0.1, 0.15) is 22.8 Å². The van der Waals surface area contributed by atoms with Crippen molar-refractivity contribution >= 4 is 34.3 Å². The number of carbonyl (C=O) groups is 2. The van der Waals surface area contributed by atoms with Crippen molar-refractivity contribution in [3.05, 3.63) is 84.8 Å². The summed E-state index contributed by atoms with van der Waals surface area (Å²) >= 11 is 0. The number of pyridine rings is 1. The number of para-hydroxylation sites is 2. The number of hydrogen-bond acceptors (Lipinski definition) is 6. The minimum Gasteiger partial charge on any atom is -0.481 e. The standard InChI is InChI=1S/C27H26N4O4/c1-19(34-20-9-3-2-4-10-20)26(32)29-24-21-11-5-6-12-22(21)35-25(24)27(33)31-17-15-30(16-18-31)23-13-7-8-14-28-23/h2-14,19H,15-18H2,1H3,(H,29,32)/t19-/m0/s1. The zero-order valence-electron chi connectivity index (χ0n) is 19.4. The van der Waals surface area contributed by atoms with Gasteiger partial charge in [0, 0.05) is 37.8 Å². The van der Waals surface area contributed by atoms with Crippen molar-refractivity contribution in [1.82, 2.24) is 9.88 Å². The molecule has 3 heterocycles. The Bertz CT molecular complexity index is 1320.